The van der Waals surface area contributed by atoms with E-state index in [4.69, 9.17) is 0 Å². The molecule has 4 aromatic rings. The van der Waals surface area contributed by atoms with Crippen molar-refractivity contribution < 1.29 is 4.79 Å². The second-order valence-electron chi connectivity index (χ2n) is 7.79. The van der Waals surface area contributed by atoms with Crippen molar-refractivity contribution in [1.29, 1.82) is 0 Å². The van der Waals surface area contributed by atoms with Gasteiger partial charge in [-0.15, -0.1) is 11.3 Å². The summed E-state index contributed by atoms with van der Waals surface area (Å²) in [5.41, 5.74) is 3.82. The number of aromatic nitrogens is 2. The van der Waals surface area contributed by atoms with Crippen LogP contribution in [0, 0.1) is 6.92 Å². The average Bonchev–Trinajstić information content (AvgIpc) is 3.19. The fourth-order valence-corrected chi connectivity index (χ4v) is 4.92. The minimum Gasteiger partial charge on any atom is -0.351 e. The van der Waals surface area contributed by atoms with E-state index in [1.807, 2.05) is 42.5 Å². The van der Waals surface area contributed by atoms with Crippen LogP contribution in [-0.2, 0) is 0 Å². The lowest BCUT2D eigenvalue weighted by Gasteiger charge is -2.18. The van der Waals surface area contributed by atoms with Gasteiger partial charge in [0.15, 0.2) is 0 Å². The number of thiophene rings is 1. The van der Waals surface area contributed by atoms with E-state index >= 15 is 0 Å². The summed E-state index contributed by atoms with van der Waals surface area (Å²) in [6, 6.07) is 17.8. The molecule has 0 saturated carbocycles. The van der Waals surface area contributed by atoms with Gasteiger partial charge in [-0.25, -0.2) is 9.97 Å². The standard InChI is InChI=1S/C26H29N5OS/c1-4-31(5-2)16-15-27-25(32)20-11-13-21(14-12-20)30-24-23-22(19-9-7-6-8-10-19)18(3)33-26(23)29-17-28-24/h6-14,17H,4-5,15-16H2,1-3H3,(H,27,32)(H,28,29,30). The Morgan fingerprint density at radius 2 is 1.73 bits per heavy atom. The van der Waals surface area contributed by atoms with Crippen LogP contribution in [0.25, 0.3) is 21.3 Å². The highest BCUT2D eigenvalue weighted by Gasteiger charge is 2.17. The Kier molecular flexibility index (Phi) is 7.32. The average molecular weight is 460 g/mol. The summed E-state index contributed by atoms with van der Waals surface area (Å²) >= 11 is 1.67. The Bertz CT molecular complexity index is 1220. The first kappa shape index (κ1) is 22.9. The van der Waals surface area contributed by atoms with Gasteiger partial charge in [0.25, 0.3) is 5.91 Å². The highest BCUT2D eigenvalue weighted by molar-refractivity contribution is 7.19. The quantitative estimate of drug-likeness (QED) is 0.347. The molecule has 7 heteroatoms. The van der Waals surface area contributed by atoms with Crippen molar-refractivity contribution in [2.24, 2.45) is 0 Å². The first-order valence-corrected chi connectivity index (χ1v) is 12.1. The summed E-state index contributed by atoms with van der Waals surface area (Å²) in [6.45, 7) is 9.83. The van der Waals surface area contributed by atoms with Crippen LogP contribution in [0.3, 0.4) is 0 Å². The van der Waals surface area contributed by atoms with E-state index in [0.717, 1.165) is 52.5 Å². The number of likely N-dealkylation sites (N-methyl/N-ethyl adjacent to an activating group) is 1. The molecule has 0 unspecified atom stereocenters. The van der Waals surface area contributed by atoms with Crippen LogP contribution in [0.4, 0.5) is 11.5 Å². The highest BCUT2D eigenvalue weighted by Crippen LogP contribution is 2.40. The van der Waals surface area contributed by atoms with Gasteiger partial charge in [-0.2, -0.15) is 0 Å². The van der Waals surface area contributed by atoms with Gasteiger partial charge >= 0.3 is 0 Å². The molecule has 6 nitrogen and oxygen atoms in total. The SMILES string of the molecule is CCN(CC)CCNC(=O)c1ccc(Nc2ncnc3sc(C)c(-c4ccccc4)c23)cc1. The van der Waals surface area contributed by atoms with Crippen LogP contribution in [0.2, 0.25) is 0 Å². The van der Waals surface area contributed by atoms with E-state index in [2.05, 4.69) is 58.4 Å². The van der Waals surface area contributed by atoms with Gasteiger partial charge in [0, 0.05) is 34.8 Å². The molecule has 0 radical (unpaired) electrons. The van der Waals surface area contributed by atoms with Crippen LogP contribution in [0.15, 0.2) is 60.9 Å². The topological polar surface area (TPSA) is 70.2 Å². The van der Waals surface area contributed by atoms with Crippen LogP contribution in [0.1, 0.15) is 29.1 Å². The van der Waals surface area contributed by atoms with Crippen LogP contribution in [-0.4, -0.2) is 47.0 Å². The maximum Gasteiger partial charge on any atom is 0.251 e. The van der Waals surface area contributed by atoms with E-state index < -0.39 is 0 Å². The molecule has 2 N–H and O–H groups in total. The van der Waals surface area contributed by atoms with Crippen molar-refractivity contribution >= 4 is 39.0 Å². The number of nitrogens with zero attached hydrogens (tertiary/aromatic N) is 3. The molecule has 0 atom stereocenters. The van der Waals surface area contributed by atoms with Crippen molar-refractivity contribution in [2.75, 3.05) is 31.5 Å². The van der Waals surface area contributed by atoms with Crippen molar-refractivity contribution in [3.63, 3.8) is 0 Å². The molecule has 2 heterocycles. The molecule has 0 spiro atoms. The first-order chi connectivity index (χ1) is 16.1. The molecular weight excluding hydrogens is 430 g/mol. The van der Waals surface area contributed by atoms with Crippen molar-refractivity contribution in [1.82, 2.24) is 20.2 Å². The maximum absolute atomic E-state index is 12.5. The molecule has 2 aromatic heterocycles. The zero-order valence-electron chi connectivity index (χ0n) is 19.3. The molecule has 0 saturated heterocycles. The maximum atomic E-state index is 12.5. The van der Waals surface area contributed by atoms with Gasteiger partial charge in [0.1, 0.15) is 17.0 Å². The largest absolute Gasteiger partial charge is 0.351 e. The first-order valence-electron chi connectivity index (χ1n) is 11.3. The molecule has 0 aliphatic heterocycles. The Morgan fingerprint density at radius 1 is 1.00 bits per heavy atom. The highest BCUT2D eigenvalue weighted by atomic mass is 32.1. The predicted octanol–water partition coefficient (Wildman–Crippen LogP) is 5.48. The Hall–Kier alpha value is -3.29. The number of anilines is 2. The van der Waals surface area contributed by atoms with Gasteiger partial charge in [-0.1, -0.05) is 44.2 Å². The third-order valence-electron chi connectivity index (χ3n) is 5.74. The number of nitrogens with one attached hydrogen (secondary N) is 2. The molecule has 33 heavy (non-hydrogen) atoms. The van der Waals surface area contributed by atoms with E-state index in [1.54, 1.807) is 17.7 Å². The molecule has 0 aliphatic carbocycles. The minimum atomic E-state index is -0.0574. The normalized spacial score (nSPS) is 11.2. The third-order valence-corrected chi connectivity index (χ3v) is 6.76. The zero-order chi connectivity index (χ0) is 23.2. The second-order valence-corrected chi connectivity index (χ2v) is 8.99. The van der Waals surface area contributed by atoms with E-state index in [-0.39, 0.29) is 5.91 Å². The number of carbonyl (C=O) groups is 1. The summed E-state index contributed by atoms with van der Waals surface area (Å²) in [4.78, 5) is 25.9. The molecule has 170 valence electrons. The smallest absolute Gasteiger partial charge is 0.251 e. The van der Waals surface area contributed by atoms with Crippen molar-refractivity contribution in [3.05, 3.63) is 71.4 Å². The minimum absolute atomic E-state index is 0.0574. The number of carbonyl (C=O) groups excluding carboxylic acids is 1. The molecular formula is C26H29N5OS. The van der Waals surface area contributed by atoms with E-state index in [0.29, 0.717) is 12.1 Å². The van der Waals surface area contributed by atoms with Crippen molar-refractivity contribution in [3.8, 4) is 11.1 Å². The molecule has 0 fully saturated rings. The van der Waals surface area contributed by atoms with E-state index in [1.165, 1.54) is 4.88 Å². The number of fused-ring (bicyclic) bond motifs is 1. The fraction of sp³-hybridized carbons (Fsp3) is 0.269. The number of aryl methyl sites for hydroxylation is 1. The van der Waals surface area contributed by atoms with Crippen LogP contribution >= 0.6 is 11.3 Å². The van der Waals surface area contributed by atoms with Gasteiger partial charge in [-0.05, 0) is 49.8 Å². The van der Waals surface area contributed by atoms with Crippen molar-refractivity contribution in [2.45, 2.75) is 20.8 Å². The summed E-state index contributed by atoms with van der Waals surface area (Å²) in [6.07, 6.45) is 1.59. The Labute approximate surface area is 198 Å². The fourth-order valence-electron chi connectivity index (χ4n) is 3.90. The number of rotatable bonds is 9. The zero-order valence-corrected chi connectivity index (χ0v) is 20.1. The Morgan fingerprint density at radius 3 is 2.42 bits per heavy atom. The lowest BCUT2D eigenvalue weighted by atomic mass is 10.0. The van der Waals surface area contributed by atoms with E-state index in [9.17, 15) is 4.79 Å². The van der Waals surface area contributed by atoms with Gasteiger partial charge in [0.2, 0.25) is 0 Å². The summed E-state index contributed by atoms with van der Waals surface area (Å²) in [5.74, 6) is 0.706. The molecule has 0 aliphatic rings. The van der Waals surface area contributed by atoms with Gasteiger partial charge in [0.05, 0.1) is 5.39 Å². The summed E-state index contributed by atoms with van der Waals surface area (Å²) in [5, 5.41) is 7.44. The monoisotopic (exact) mass is 459 g/mol. The summed E-state index contributed by atoms with van der Waals surface area (Å²) < 4.78 is 0. The predicted molar refractivity (Wildman–Crippen MR) is 137 cm³/mol. The van der Waals surface area contributed by atoms with Crippen LogP contribution in [0.5, 0.6) is 0 Å². The number of amides is 1. The molecule has 0 bridgehead atoms. The van der Waals surface area contributed by atoms with Gasteiger partial charge in [-0.3, -0.25) is 4.79 Å². The molecule has 1 amide bonds. The lowest BCUT2D eigenvalue weighted by Crippen LogP contribution is -2.34. The summed E-state index contributed by atoms with van der Waals surface area (Å²) in [7, 11) is 0. The van der Waals surface area contributed by atoms with Crippen LogP contribution < -0.4 is 10.6 Å². The third kappa shape index (κ3) is 5.21. The number of hydrogen-bond acceptors (Lipinski definition) is 6. The second kappa shape index (κ2) is 10.6. The van der Waals surface area contributed by atoms with Gasteiger partial charge < -0.3 is 15.5 Å². The molecule has 4 rings (SSSR count). The number of hydrogen-bond donors (Lipinski definition) is 2. The Balaban J connectivity index is 1.52. The number of benzene rings is 2. The molecule has 2 aromatic carbocycles. The lowest BCUT2D eigenvalue weighted by molar-refractivity contribution is 0.0949.